The number of benzene rings is 9. The third kappa shape index (κ3) is 4.40. The van der Waals surface area contributed by atoms with Gasteiger partial charge in [-0.15, -0.1) is 9.24 Å². The molecule has 3 aliphatic carbocycles. The van der Waals surface area contributed by atoms with Crippen LogP contribution < -0.4 is 10.2 Å². The summed E-state index contributed by atoms with van der Waals surface area (Å²) >= 11 is 0. The monoisotopic (exact) mass is 755 g/mol. The quantitative estimate of drug-likeness (QED) is 0.158. The van der Waals surface area contributed by atoms with Crippen LogP contribution in [0, 0.1) is 0 Å². The van der Waals surface area contributed by atoms with Crippen molar-refractivity contribution in [2.24, 2.45) is 0 Å². The van der Waals surface area contributed by atoms with Gasteiger partial charge in [0.1, 0.15) is 0 Å². The minimum absolute atomic E-state index is 0.432. The molecule has 0 saturated carbocycles. The Balaban J connectivity index is 1.14. The Kier molecular flexibility index (Phi) is 7.25. The zero-order valence-corrected chi connectivity index (χ0v) is 33.0. The van der Waals surface area contributed by atoms with Crippen molar-refractivity contribution >= 4 is 31.6 Å². The van der Waals surface area contributed by atoms with Crippen LogP contribution in [0.4, 0.5) is 17.1 Å². The summed E-state index contributed by atoms with van der Waals surface area (Å²) in [4.78, 5) is 2.47. The molecule has 58 heavy (non-hydrogen) atoms. The molecule has 9 aromatic carbocycles. The summed E-state index contributed by atoms with van der Waals surface area (Å²) in [6.07, 6.45) is 0. The van der Waals surface area contributed by atoms with Gasteiger partial charge >= 0.3 is 0 Å². The average Bonchev–Trinajstić information content (AvgIpc) is 3.87. The summed E-state index contributed by atoms with van der Waals surface area (Å²) in [7, 11) is 2.93. The average molecular weight is 756 g/mol. The molecule has 1 unspecified atom stereocenters. The fourth-order valence-electron chi connectivity index (χ4n) is 10.9. The van der Waals surface area contributed by atoms with Gasteiger partial charge in [0.05, 0.1) is 10.8 Å². The summed E-state index contributed by atoms with van der Waals surface area (Å²) in [5.41, 5.74) is 20.7. The second-order valence-electron chi connectivity index (χ2n) is 15.8. The molecule has 9 aromatic rings. The normalized spacial score (nSPS) is 14.2. The van der Waals surface area contributed by atoms with E-state index in [1.54, 1.807) is 0 Å². The highest BCUT2D eigenvalue weighted by Gasteiger charge is 2.52. The Morgan fingerprint density at radius 3 is 1.09 bits per heavy atom. The molecule has 2 heteroatoms. The number of fused-ring (bicyclic) bond motifs is 13. The maximum Gasteiger partial charge on any atom is 0.0726 e. The van der Waals surface area contributed by atoms with E-state index >= 15 is 0 Å². The van der Waals surface area contributed by atoms with Gasteiger partial charge in [-0.05, 0) is 120 Å². The minimum Gasteiger partial charge on any atom is -0.310 e. The van der Waals surface area contributed by atoms with E-state index in [9.17, 15) is 0 Å². The molecule has 1 spiro atoms. The molecule has 0 N–H and O–H groups in total. The smallest absolute Gasteiger partial charge is 0.0726 e. The minimum atomic E-state index is -0.501. The molecular weight excluding hydrogens is 718 g/mol. The van der Waals surface area contributed by atoms with Gasteiger partial charge in [-0.25, -0.2) is 0 Å². The molecule has 0 amide bonds. The lowest BCUT2D eigenvalue weighted by atomic mass is 9.67. The highest BCUT2D eigenvalue weighted by molar-refractivity contribution is 7.27. The number of hydrogen-bond acceptors (Lipinski definition) is 1. The highest BCUT2D eigenvalue weighted by atomic mass is 31.0. The lowest BCUT2D eigenvalue weighted by Gasteiger charge is -2.35. The first-order chi connectivity index (χ1) is 28.7. The van der Waals surface area contributed by atoms with Crippen molar-refractivity contribution in [1.29, 1.82) is 0 Å². The van der Waals surface area contributed by atoms with E-state index in [1.165, 1.54) is 77.9 Å². The van der Waals surface area contributed by atoms with Gasteiger partial charge in [-0.3, -0.25) is 0 Å². The molecule has 12 rings (SSSR count). The van der Waals surface area contributed by atoms with Crippen molar-refractivity contribution in [3.8, 4) is 33.4 Å². The number of rotatable bonds is 5. The molecule has 1 nitrogen and oxygen atoms in total. The molecule has 0 saturated heterocycles. The standard InChI is InChI=1S/C56H38NP/c58-42-21-15-20-39(34-42)57(40-30-32-47-45-24-7-11-26-49(45)55(53(47)35-40,37-16-3-1-4-17-37)38-18-5-2-6-19-38)41-31-33-48-46-25-10-14-29-52(46)56(54(48)36-41)50-27-12-8-22-43(50)44-23-9-13-28-51(44)56/h1-36H,58H2. The first kappa shape index (κ1) is 33.4. The fourth-order valence-corrected chi connectivity index (χ4v) is 11.2. The molecule has 0 heterocycles. The molecule has 3 aliphatic rings. The number of anilines is 3. The Labute approximate surface area is 342 Å². The third-order valence-electron chi connectivity index (χ3n) is 13.1. The van der Waals surface area contributed by atoms with Crippen molar-refractivity contribution in [1.82, 2.24) is 0 Å². The lowest BCUT2D eigenvalue weighted by molar-refractivity contribution is 0.768. The highest BCUT2D eigenvalue weighted by Crippen LogP contribution is 2.63. The second kappa shape index (κ2) is 12.6. The summed E-state index contributed by atoms with van der Waals surface area (Å²) in [6.45, 7) is 0. The van der Waals surface area contributed by atoms with Crippen LogP contribution in [0.2, 0.25) is 0 Å². The van der Waals surface area contributed by atoms with Gasteiger partial charge in [0.25, 0.3) is 0 Å². The molecule has 0 aromatic heterocycles. The van der Waals surface area contributed by atoms with Crippen LogP contribution in [-0.2, 0) is 10.8 Å². The van der Waals surface area contributed by atoms with Crippen molar-refractivity contribution in [3.05, 3.63) is 263 Å². The molecule has 272 valence electrons. The van der Waals surface area contributed by atoms with Crippen LogP contribution >= 0.6 is 9.24 Å². The maximum atomic E-state index is 2.93. The van der Waals surface area contributed by atoms with Crippen LogP contribution in [0.5, 0.6) is 0 Å². The zero-order valence-electron chi connectivity index (χ0n) is 31.8. The molecule has 1 atom stereocenters. The van der Waals surface area contributed by atoms with Gasteiger partial charge in [0.15, 0.2) is 0 Å². The van der Waals surface area contributed by atoms with E-state index < -0.39 is 10.8 Å². The van der Waals surface area contributed by atoms with Gasteiger partial charge in [-0.1, -0.05) is 182 Å². The SMILES string of the molecule is Pc1cccc(N(c2ccc3c(c2)C(c2ccccc2)(c2ccccc2)c2ccccc2-3)c2ccc3c(c2)C2(c4ccccc4-c4ccccc42)c2ccccc2-3)c1. The summed E-state index contributed by atoms with van der Waals surface area (Å²) in [5, 5.41) is 1.14. The molecule has 0 fully saturated rings. The lowest BCUT2D eigenvalue weighted by Crippen LogP contribution is -2.28. The van der Waals surface area contributed by atoms with Crippen LogP contribution in [0.15, 0.2) is 218 Å². The molecule has 0 radical (unpaired) electrons. The summed E-state index contributed by atoms with van der Waals surface area (Å²) < 4.78 is 0. The van der Waals surface area contributed by atoms with Gasteiger partial charge < -0.3 is 4.90 Å². The van der Waals surface area contributed by atoms with E-state index in [0.717, 1.165) is 22.4 Å². The van der Waals surface area contributed by atoms with Gasteiger partial charge in [-0.2, -0.15) is 0 Å². The molecule has 0 bridgehead atoms. The van der Waals surface area contributed by atoms with E-state index in [-0.39, 0.29) is 0 Å². The summed E-state index contributed by atoms with van der Waals surface area (Å²) in [5.74, 6) is 0. The number of hydrogen-bond donors (Lipinski definition) is 0. The Hall–Kier alpha value is -6.79. The van der Waals surface area contributed by atoms with Crippen molar-refractivity contribution in [3.63, 3.8) is 0 Å². The van der Waals surface area contributed by atoms with Crippen LogP contribution in [-0.4, -0.2) is 0 Å². The maximum absolute atomic E-state index is 2.93. The van der Waals surface area contributed by atoms with E-state index in [2.05, 4.69) is 233 Å². The van der Waals surface area contributed by atoms with Crippen LogP contribution in [0.3, 0.4) is 0 Å². The Morgan fingerprint density at radius 1 is 0.276 bits per heavy atom. The van der Waals surface area contributed by atoms with Crippen LogP contribution in [0.25, 0.3) is 33.4 Å². The number of nitrogens with zero attached hydrogens (tertiary/aromatic N) is 1. The summed E-state index contributed by atoms with van der Waals surface area (Å²) in [6, 6.07) is 81.6. The molecule has 0 aliphatic heterocycles. The molecular formula is C56H38NP. The van der Waals surface area contributed by atoms with Crippen LogP contribution in [0.1, 0.15) is 44.5 Å². The second-order valence-corrected chi connectivity index (χ2v) is 16.5. The van der Waals surface area contributed by atoms with E-state index in [0.29, 0.717) is 0 Å². The zero-order chi connectivity index (χ0) is 38.4. The predicted molar refractivity (Wildman–Crippen MR) is 244 cm³/mol. The first-order valence-corrected chi connectivity index (χ1v) is 20.7. The largest absolute Gasteiger partial charge is 0.310 e. The van der Waals surface area contributed by atoms with Crippen molar-refractivity contribution in [2.45, 2.75) is 10.8 Å². The van der Waals surface area contributed by atoms with E-state index in [1.807, 2.05) is 0 Å². The van der Waals surface area contributed by atoms with Crippen molar-refractivity contribution in [2.75, 3.05) is 4.90 Å². The van der Waals surface area contributed by atoms with Crippen molar-refractivity contribution < 1.29 is 0 Å². The Bertz CT molecular complexity index is 2880. The topological polar surface area (TPSA) is 3.24 Å². The van der Waals surface area contributed by atoms with Gasteiger partial charge in [0, 0.05) is 17.1 Å². The fraction of sp³-hybridized carbons (Fsp3) is 0.0357. The predicted octanol–water partition coefficient (Wildman–Crippen LogP) is 13.4. The van der Waals surface area contributed by atoms with E-state index in [4.69, 9.17) is 0 Å². The first-order valence-electron chi connectivity index (χ1n) is 20.1. The van der Waals surface area contributed by atoms with Gasteiger partial charge in [0.2, 0.25) is 0 Å². The third-order valence-corrected chi connectivity index (χ3v) is 13.4. The Morgan fingerprint density at radius 2 is 0.638 bits per heavy atom.